The first kappa shape index (κ1) is 42.4. The van der Waals surface area contributed by atoms with Crippen LogP contribution in [-0.4, -0.2) is 82.2 Å². The summed E-state index contributed by atoms with van der Waals surface area (Å²) in [5.41, 5.74) is 17.0. The molecule has 2 heterocycles. The molecule has 0 aliphatic rings. The summed E-state index contributed by atoms with van der Waals surface area (Å²) in [5.74, 6) is 2.36. The topological polar surface area (TPSA) is 200 Å². The van der Waals surface area contributed by atoms with Crippen molar-refractivity contribution in [2.24, 2.45) is 21.5 Å². The third kappa shape index (κ3) is 15.8. The number of aliphatic imine (C=N–C) groups is 2. The highest BCUT2D eigenvalue weighted by atomic mass is 35.5. The van der Waals surface area contributed by atoms with Gasteiger partial charge in [-0.2, -0.15) is 20.0 Å². The van der Waals surface area contributed by atoms with Crippen LogP contribution in [0.2, 0.25) is 10.0 Å². The Morgan fingerprint density at radius 2 is 1.14 bits per heavy atom. The summed E-state index contributed by atoms with van der Waals surface area (Å²) < 4.78 is 0. The van der Waals surface area contributed by atoms with Crippen molar-refractivity contribution in [3.63, 3.8) is 0 Å². The number of halogens is 2. The Hall–Kier alpha value is -4.76. The number of hydrogen-bond donors (Lipinski definition) is 7. The number of nitrogens with two attached hydrogens (primary N) is 2. The molecule has 0 spiro atoms. The average molecular weight is 741 g/mol. The SMILES string of the molecule is C.Cc1cc(NCCCN(C)C)nc(N=C(N)Nc2ccc(Cl)c(C)c2)n1.Cc1cc(NCCCO)nc(N=C(N)Nc2ccc(Cl)c(C)c2)n1. The van der Waals surface area contributed by atoms with Gasteiger partial charge in [0.1, 0.15) is 11.6 Å². The molecular formula is C35H51Cl2N13O. The van der Waals surface area contributed by atoms with E-state index in [1.807, 2.05) is 70.2 Å². The van der Waals surface area contributed by atoms with E-state index in [0.29, 0.717) is 34.8 Å². The lowest BCUT2D eigenvalue weighted by molar-refractivity contribution is 0.292. The Balaban J connectivity index is 0.000000348. The van der Waals surface area contributed by atoms with Crippen LogP contribution in [0.5, 0.6) is 0 Å². The fourth-order valence-corrected chi connectivity index (χ4v) is 4.54. The maximum absolute atomic E-state index is 8.82. The van der Waals surface area contributed by atoms with E-state index in [4.69, 9.17) is 39.8 Å². The molecule has 4 rings (SSSR count). The molecule has 0 saturated heterocycles. The van der Waals surface area contributed by atoms with Crippen LogP contribution >= 0.6 is 23.2 Å². The van der Waals surface area contributed by atoms with Crippen LogP contribution < -0.4 is 32.7 Å². The second-order valence-corrected chi connectivity index (χ2v) is 12.5. The fraction of sp³-hybridized carbons (Fsp3) is 0.371. The molecule has 0 bridgehead atoms. The van der Waals surface area contributed by atoms with Gasteiger partial charge in [0.2, 0.25) is 11.9 Å². The van der Waals surface area contributed by atoms with Crippen LogP contribution in [0, 0.1) is 27.7 Å². The second-order valence-electron chi connectivity index (χ2n) is 11.6. The molecule has 0 saturated carbocycles. The summed E-state index contributed by atoms with van der Waals surface area (Å²) in [4.78, 5) is 27.9. The van der Waals surface area contributed by atoms with Crippen molar-refractivity contribution in [3.8, 4) is 0 Å². The zero-order chi connectivity index (χ0) is 36.6. The lowest BCUT2D eigenvalue weighted by atomic mass is 10.2. The predicted molar refractivity (Wildman–Crippen MR) is 214 cm³/mol. The van der Waals surface area contributed by atoms with Gasteiger partial charge in [0.05, 0.1) is 0 Å². The van der Waals surface area contributed by atoms with E-state index in [2.05, 4.69) is 70.2 Å². The lowest BCUT2D eigenvalue weighted by Gasteiger charge is -2.11. The zero-order valence-corrected chi connectivity index (χ0v) is 30.9. The van der Waals surface area contributed by atoms with Crippen LogP contribution in [0.15, 0.2) is 58.5 Å². The largest absolute Gasteiger partial charge is 0.396 e. The summed E-state index contributed by atoms with van der Waals surface area (Å²) in [5, 5.41) is 22.6. The standard InChI is InChI=1S/C18H26ClN7.C16H21ClN6O.CH4/c1-12-10-14(6-7-15(12)19)23-17(20)25-18-22-13(2)11-16(24-18)21-8-5-9-26(3)4;1-10-8-12(4-5-13(10)17)21-15(18)23-16-20-11(2)9-14(22-16)19-6-3-7-24;/h6-7,10-11H,5,8-9H2,1-4H3,(H4,20,21,22,23,24,25);4-5,8-9,24H,3,6-7H2,1-2H3,(H4,18,19,20,21,22,23);1H4. The van der Waals surface area contributed by atoms with Gasteiger partial charge in [-0.15, -0.1) is 0 Å². The van der Waals surface area contributed by atoms with Crippen LogP contribution in [-0.2, 0) is 0 Å². The van der Waals surface area contributed by atoms with E-state index in [9.17, 15) is 0 Å². The molecule has 276 valence electrons. The van der Waals surface area contributed by atoms with Crippen molar-refractivity contribution in [3.05, 3.63) is 81.1 Å². The average Bonchev–Trinajstić information content (AvgIpc) is 3.03. The molecule has 0 aliphatic carbocycles. The van der Waals surface area contributed by atoms with Crippen molar-refractivity contribution < 1.29 is 5.11 Å². The van der Waals surface area contributed by atoms with Crippen LogP contribution in [0.25, 0.3) is 0 Å². The molecule has 0 radical (unpaired) electrons. The number of guanidine groups is 2. The van der Waals surface area contributed by atoms with Crippen molar-refractivity contribution in [1.82, 2.24) is 24.8 Å². The monoisotopic (exact) mass is 739 g/mol. The molecule has 2 aromatic heterocycles. The van der Waals surface area contributed by atoms with Crippen molar-refractivity contribution >= 4 is 70.0 Å². The number of aliphatic hydroxyl groups is 1. The molecule has 0 aliphatic heterocycles. The Morgan fingerprint density at radius 3 is 1.53 bits per heavy atom. The number of aryl methyl sites for hydroxylation is 4. The molecule has 0 amide bonds. The summed E-state index contributed by atoms with van der Waals surface area (Å²) >= 11 is 12.0. The maximum Gasteiger partial charge on any atom is 0.254 e. The van der Waals surface area contributed by atoms with E-state index >= 15 is 0 Å². The summed E-state index contributed by atoms with van der Waals surface area (Å²) in [6, 6.07) is 14.7. The normalized spacial score (nSPS) is 11.3. The second kappa shape index (κ2) is 21.5. The molecule has 16 heteroatoms. The van der Waals surface area contributed by atoms with Gasteiger partial charge in [-0.3, -0.25) is 0 Å². The molecule has 51 heavy (non-hydrogen) atoms. The van der Waals surface area contributed by atoms with Crippen molar-refractivity contribution in [1.29, 1.82) is 0 Å². The number of rotatable bonds is 13. The van der Waals surface area contributed by atoms with Gasteiger partial charge in [0.25, 0.3) is 11.9 Å². The highest BCUT2D eigenvalue weighted by Gasteiger charge is 2.06. The number of nitrogens with zero attached hydrogens (tertiary/aromatic N) is 7. The van der Waals surface area contributed by atoms with Crippen LogP contribution in [0.4, 0.5) is 34.9 Å². The number of benzene rings is 2. The third-order valence-corrected chi connectivity index (χ3v) is 7.56. The summed E-state index contributed by atoms with van der Waals surface area (Å²) in [7, 11) is 4.11. The van der Waals surface area contributed by atoms with E-state index in [1.54, 1.807) is 6.07 Å². The van der Waals surface area contributed by atoms with Crippen LogP contribution in [0.3, 0.4) is 0 Å². The van der Waals surface area contributed by atoms with Gasteiger partial charge < -0.3 is 42.7 Å². The molecular weight excluding hydrogens is 689 g/mol. The van der Waals surface area contributed by atoms with E-state index in [0.717, 1.165) is 59.2 Å². The van der Waals surface area contributed by atoms with Gasteiger partial charge in [-0.25, -0.2) is 9.97 Å². The van der Waals surface area contributed by atoms with Crippen molar-refractivity contribution in [2.45, 2.75) is 48.0 Å². The molecule has 2 aromatic carbocycles. The Kier molecular flexibility index (Phi) is 17.8. The fourth-order valence-electron chi connectivity index (χ4n) is 4.31. The molecule has 0 atom stereocenters. The third-order valence-electron chi connectivity index (χ3n) is 6.72. The molecule has 0 fully saturated rings. The number of aromatic nitrogens is 4. The number of anilines is 4. The molecule has 9 N–H and O–H groups in total. The van der Waals surface area contributed by atoms with E-state index in [1.165, 1.54) is 0 Å². The van der Waals surface area contributed by atoms with Gasteiger partial charge in [-0.1, -0.05) is 30.6 Å². The minimum absolute atomic E-state index is 0. The summed E-state index contributed by atoms with van der Waals surface area (Å²) in [6.07, 6.45) is 1.66. The Labute approximate surface area is 311 Å². The molecule has 4 aromatic rings. The quantitative estimate of drug-likeness (QED) is 0.0453. The molecule has 0 unspecified atom stereocenters. The first-order valence-corrected chi connectivity index (χ1v) is 16.8. The molecule has 14 nitrogen and oxygen atoms in total. The highest BCUT2D eigenvalue weighted by Crippen LogP contribution is 2.21. The van der Waals surface area contributed by atoms with Gasteiger partial charge in [0, 0.05) is 64.6 Å². The van der Waals surface area contributed by atoms with Gasteiger partial charge in [-0.05, 0) is 109 Å². The minimum Gasteiger partial charge on any atom is -0.396 e. The highest BCUT2D eigenvalue weighted by molar-refractivity contribution is 6.31. The predicted octanol–water partition coefficient (Wildman–Crippen LogP) is 6.40. The van der Waals surface area contributed by atoms with E-state index in [-0.39, 0.29) is 31.9 Å². The van der Waals surface area contributed by atoms with Crippen LogP contribution in [0.1, 0.15) is 42.8 Å². The van der Waals surface area contributed by atoms with E-state index < -0.39 is 0 Å². The minimum atomic E-state index is 0. The maximum atomic E-state index is 8.82. The summed E-state index contributed by atoms with van der Waals surface area (Å²) in [6.45, 7) is 10.2. The van der Waals surface area contributed by atoms with Crippen molar-refractivity contribution in [2.75, 3.05) is 61.6 Å². The first-order valence-electron chi connectivity index (χ1n) is 16.0. The lowest BCUT2D eigenvalue weighted by Crippen LogP contribution is -2.22. The Morgan fingerprint density at radius 1 is 0.706 bits per heavy atom. The number of nitrogens with one attached hydrogen (secondary N) is 4. The van der Waals surface area contributed by atoms with Gasteiger partial charge >= 0.3 is 0 Å². The smallest absolute Gasteiger partial charge is 0.254 e. The Bertz CT molecular complexity index is 1770. The zero-order valence-electron chi connectivity index (χ0n) is 29.3. The van der Waals surface area contributed by atoms with Gasteiger partial charge in [0.15, 0.2) is 0 Å². The number of aliphatic hydroxyl groups excluding tert-OH is 1. The first-order chi connectivity index (χ1) is 23.8. The number of hydrogen-bond acceptors (Lipinski definition) is 10.